The van der Waals surface area contributed by atoms with Gasteiger partial charge in [-0.15, -0.1) is 0 Å². The van der Waals surface area contributed by atoms with Gasteiger partial charge in [0.2, 0.25) is 0 Å². The van der Waals surface area contributed by atoms with Gasteiger partial charge in [-0.25, -0.2) is 0 Å². The van der Waals surface area contributed by atoms with Crippen LogP contribution >= 0.6 is 11.6 Å². The Bertz CT molecular complexity index is 333. The molecule has 0 unspecified atom stereocenters. The van der Waals surface area contributed by atoms with E-state index in [0.29, 0.717) is 0 Å². The van der Waals surface area contributed by atoms with Gasteiger partial charge >= 0.3 is 0 Å². The average Bonchev–Trinajstić information content (AvgIpc) is 2.26. The zero-order chi connectivity index (χ0) is 11.3. The van der Waals surface area contributed by atoms with Crippen LogP contribution in [0.4, 0.5) is 0 Å². The zero-order valence-electron chi connectivity index (χ0n) is 9.39. The van der Waals surface area contributed by atoms with E-state index >= 15 is 0 Å². The molecular formula is C13H18ClN. The first kappa shape index (κ1) is 12.3. The maximum Gasteiger partial charge on any atom is 0.0453 e. The molecule has 2 heteroatoms. The Hall–Kier alpha value is -0.790. The first-order valence-corrected chi connectivity index (χ1v) is 5.67. The van der Waals surface area contributed by atoms with E-state index in [9.17, 15) is 0 Å². The molecule has 1 nitrogen and oxygen atoms in total. The number of hydrogen-bond acceptors (Lipinski definition) is 1. The van der Waals surface area contributed by atoms with E-state index in [1.165, 1.54) is 5.57 Å². The second-order valence-electron chi connectivity index (χ2n) is 3.73. The monoisotopic (exact) mass is 223 g/mol. The Morgan fingerprint density at radius 3 is 2.73 bits per heavy atom. The maximum absolute atomic E-state index is 6.11. The molecule has 0 bridgehead atoms. The van der Waals surface area contributed by atoms with E-state index in [1.54, 1.807) is 0 Å². The third-order valence-electron chi connectivity index (χ3n) is 2.53. The van der Waals surface area contributed by atoms with Crippen LogP contribution in [0.3, 0.4) is 0 Å². The van der Waals surface area contributed by atoms with Crippen molar-refractivity contribution in [2.24, 2.45) is 0 Å². The lowest BCUT2D eigenvalue weighted by atomic mass is 10.1. The Morgan fingerprint density at radius 1 is 1.47 bits per heavy atom. The molecule has 1 aromatic carbocycles. The van der Waals surface area contributed by atoms with Crippen LogP contribution < -0.4 is 5.32 Å². The smallest absolute Gasteiger partial charge is 0.0453 e. The molecule has 0 aliphatic carbocycles. The minimum atomic E-state index is 0.266. The van der Waals surface area contributed by atoms with E-state index in [4.69, 9.17) is 11.6 Å². The van der Waals surface area contributed by atoms with Gasteiger partial charge in [0, 0.05) is 17.6 Å². The summed E-state index contributed by atoms with van der Waals surface area (Å²) in [5.41, 5.74) is 2.36. The SMILES string of the molecule is C=C(CC)CN[C@@H](C)c1ccccc1Cl. The van der Waals surface area contributed by atoms with Crippen molar-refractivity contribution in [2.75, 3.05) is 6.54 Å². The first-order chi connectivity index (χ1) is 7.15. The van der Waals surface area contributed by atoms with Crippen LogP contribution in [0, 0.1) is 0 Å². The highest BCUT2D eigenvalue weighted by Crippen LogP contribution is 2.22. The Morgan fingerprint density at radius 2 is 2.13 bits per heavy atom. The summed E-state index contributed by atoms with van der Waals surface area (Å²) in [5.74, 6) is 0. The highest BCUT2D eigenvalue weighted by Gasteiger charge is 2.07. The summed E-state index contributed by atoms with van der Waals surface area (Å²) in [4.78, 5) is 0. The van der Waals surface area contributed by atoms with Crippen molar-refractivity contribution in [1.29, 1.82) is 0 Å². The van der Waals surface area contributed by atoms with Crippen molar-refractivity contribution in [3.8, 4) is 0 Å². The fraction of sp³-hybridized carbons (Fsp3) is 0.385. The van der Waals surface area contributed by atoms with Crippen LogP contribution in [0.1, 0.15) is 31.9 Å². The quantitative estimate of drug-likeness (QED) is 0.746. The fourth-order valence-electron chi connectivity index (χ4n) is 1.36. The van der Waals surface area contributed by atoms with Crippen LogP contribution in [0.15, 0.2) is 36.4 Å². The molecule has 15 heavy (non-hydrogen) atoms. The van der Waals surface area contributed by atoms with Crippen molar-refractivity contribution in [3.05, 3.63) is 47.0 Å². The molecule has 0 radical (unpaired) electrons. The van der Waals surface area contributed by atoms with Gasteiger partial charge in [-0.1, -0.05) is 48.9 Å². The second kappa shape index (κ2) is 5.94. The minimum absolute atomic E-state index is 0.266. The van der Waals surface area contributed by atoms with Crippen molar-refractivity contribution < 1.29 is 0 Å². The fourth-order valence-corrected chi connectivity index (χ4v) is 1.66. The summed E-state index contributed by atoms with van der Waals surface area (Å²) in [6.07, 6.45) is 1.02. The van der Waals surface area contributed by atoms with Gasteiger partial charge in [0.15, 0.2) is 0 Å². The molecule has 0 heterocycles. The molecule has 0 aromatic heterocycles. The lowest BCUT2D eigenvalue weighted by molar-refractivity contribution is 0.602. The molecule has 0 aliphatic rings. The van der Waals surface area contributed by atoms with Crippen LogP contribution in [0.25, 0.3) is 0 Å². The van der Waals surface area contributed by atoms with E-state index in [0.717, 1.165) is 23.6 Å². The summed E-state index contributed by atoms with van der Waals surface area (Å²) in [6, 6.07) is 8.19. The average molecular weight is 224 g/mol. The molecule has 0 amide bonds. The van der Waals surface area contributed by atoms with Crippen LogP contribution in [0.5, 0.6) is 0 Å². The minimum Gasteiger partial charge on any atom is -0.306 e. The lowest BCUT2D eigenvalue weighted by Crippen LogP contribution is -2.21. The normalized spacial score (nSPS) is 12.5. The van der Waals surface area contributed by atoms with Gasteiger partial charge < -0.3 is 5.32 Å². The molecule has 82 valence electrons. The van der Waals surface area contributed by atoms with E-state index in [1.807, 2.05) is 18.2 Å². The van der Waals surface area contributed by atoms with Gasteiger partial charge in [0.1, 0.15) is 0 Å². The number of benzene rings is 1. The summed E-state index contributed by atoms with van der Waals surface area (Å²) in [6.45, 7) is 9.05. The lowest BCUT2D eigenvalue weighted by Gasteiger charge is -2.16. The molecular weight excluding hydrogens is 206 g/mol. The van der Waals surface area contributed by atoms with Crippen molar-refractivity contribution in [2.45, 2.75) is 26.3 Å². The van der Waals surface area contributed by atoms with E-state index in [-0.39, 0.29) is 6.04 Å². The molecule has 1 aromatic rings. The molecule has 1 atom stereocenters. The van der Waals surface area contributed by atoms with E-state index < -0.39 is 0 Å². The van der Waals surface area contributed by atoms with Crippen molar-refractivity contribution >= 4 is 11.6 Å². The van der Waals surface area contributed by atoms with Crippen molar-refractivity contribution in [1.82, 2.24) is 5.32 Å². The van der Waals surface area contributed by atoms with Crippen molar-refractivity contribution in [3.63, 3.8) is 0 Å². The molecule has 0 spiro atoms. The van der Waals surface area contributed by atoms with E-state index in [2.05, 4.69) is 31.8 Å². The number of halogens is 1. The summed E-state index contributed by atoms with van der Waals surface area (Å²) >= 11 is 6.11. The first-order valence-electron chi connectivity index (χ1n) is 5.29. The summed E-state index contributed by atoms with van der Waals surface area (Å²) < 4.78 is 0. The summed E-state index contributed by atoms with van der Waals surface area (Å²) in [5, 5.41) is 4.23. The van der Waals surface area contributed by atoms with Crippen LogP contribution in [0.2, 0.25) is 5.02 Å². The predicted octanol–water partition coefficient (Wildman–Crippen LogP) is 3.96. The van der Waals surface area contributed by atoms with Gasteiger partial charge in [-0.3, -0.25) is 0 Å². The van der Waals surface area contributed by atoms with Gasteiger partial charge in [-0.2, -0.15) is 0 Å². The third-order valence-corrected chi connectivity index (χ3v) is 2.87. The Labute approximate surface area is 97.1 Å². The number of rotatable bonds is 5. The van der Waals surface area contributed by atoms with Gasteiger partial charge in [-0.05, 0) is 25.0 Å². The molecule has 1 rings (SSSR count). The molecule has 0 fully saturated rings. The second-order valence-corrected chi connectivity index (χ2v) is 4.13. The van der Waals surface area contributed by atoms with Gasteiger partial charge in [0.25, 0.3) is 0 Å². The Balaban J connectivity index is 2.57. The largest absolute Gasteiger partial charge is 0.306 e. The highest BCUT2D eigenvalue weighted by atomic mass is 35.5. The highest BCUT2D eigenvalue weighted by molar-refractivity contribution is 6.31. The summed E-state index contributed by atoms with van der Waals surface area (Å²) in [7, 11) is 0. The molecule has 0 saturated heterocycles. The number of nitrogens with one attached hydrogen (secondary N) is 1. The topological polar surface area (TPSA) is 12.0 Å². The third kappa shape index (κ3) is 3.69. The zero-order valence-corrected chi connectivity index (χ0v) is 10.1. The molecule has 0 saturated carbocycles. The van der Waals surface area contributed by atoms with Crippen LogP contribution in [-0.4, -0.2) is 6.54 Å². The van der Waals surface area contributed by atoms with Gasteiger partial charge in [0.05, 0.1) is 0 Å². The Kier molecular flexibility index (Phi) is 4.86. The van der Waals surface area contributed by atoms with Crippen LogP contribution in [-0.2, 0) is 0 Å². The number of hydrogen-bond donors (Lipinski definition) is 1. The standard InChI is InChI=1S/C13H18ClN/c1-4-10(2)9-15-11(3)12-7-5-6-8-13(12)14/h5-8,11,15H,2,4,9H2,1,3H3/t11-/m0/s1. The molecule has 0 aliphatic heterocycles. The maximum atomic E-state index is 6.11. The molecule has 1 N–H and O–H groups in total. The predicted molar refractivity (Wildman–Crippen MR) is 67.3 cm³/mol.